The van der Waals surface area contributed by atoms with Crippen LogP contribution in [0.3, 0.4) is 0 Å². The van der Waals surface area contributed by atoms with Crippen molar-refractivity contribution >= 4 is 11.6 Å². The lowest BCUT2D eigenvalue weighted by atomic mass is 10.2. The number of amides is 1. The van der Waals surface area contributed by atoms with Crippen molar-refractivity contribution in [2.45, 2.75) is 0 Å². The van der Waals surface area contributed by atoms with Gasteiger partial charge in [-0.05, 0) is 36.4 Å². The molecule has 0 unspecified atom stereocenters. The first kappa shape index (κ1) is 13.8. The zero-order valence-corrected chi connectivity index (χ0v) is 11.9. The minimum Gasteiger partial charge on any atom is -0.467 e. The monoisotopic (exact) mass is 294 g/mol. The molecule has 6 nitrogen and oxygen atoms in total. The van der Waals surface area contributed by atoms with Crippen LogP contribution in [-0.4, -0.2) is 27.6 Å². The van der Waals surface area contributed by atoms with Crippen molar-refractivity contribution in [1.82, 2.24) is 14.5 Å². The summed E-state index contributed by atoms with van der Waals surface area (Å²) in [6.07, 6.45) is 6.89. The van der Waals surface area contributed by atoms with Gasteiger partial charge in [0, 0.05) is 23.6 Å². The molecule has 0 aliphatic rings. The van der Waals surface area contributed by atoms with E-state index in [1.54, 1.807) is 12.1 Å². The molecule has 1 aromatic carbocycles. The molecule has 3 rings (SSSR count). The SMILES string of the molecule is COc1ncc(NC(=O)c2ccc(-n3cccc3)cc2)cn1. The Bertz CT molecular complexity index is 750. The van der Waals surface area contributed by atoms with Crippen molar-refractivity contribution < 1.29 is 9.53 Å². The van der Waals surface area contributed by atoms with Crippen LogP contribution in [-0.2, 0) is 0 Å². The Balaban J connectivity index is 1.71. The average molecular weight is 294 g/mol. The molecule has 0 spiro atoms. The van der Waals surface area contributed by atoms with Gasteiger partial charge in [0.25, 0.3) is 5.91 Å². The van der Waals surface area contributed by atoms with Crippen LogP contribution in [0.15, 0.2) is 61.2 Å². The number of carbonyl (C=O) groups excluding carboxylic acids is 1. The Kier molecular flexibility index (Phi) is 3.82. The molecule has 3 aromatic rings. The number of nitrogens with zero attached hydrogens (tertiary/aromatic N) is 3. The number of anilines is 1. The van der Waals surface area contributed by atoms with Crippen LogP contribution in [0.5, 0.6) is 6.01 Å². The van der Waals surface area contributed by atoms with E-state index in [9.17, 15) is 4.79 Å². The Morgan fingerprint density at radius 2 is 1.73 bits per heavy atom. The molecule has 0 saturated heterocycles. The number of nitrogens with one attached hydrogen (secondary N) is 1. The Morgan fingerprint density at radius 1 is 1.09 bits per heavy atom. The van der Waals surface area contributed by atoms with Crippen molar-refractivity contribution in [3.63, 3.8) is 0 Å². The Morgan fingerprint density at radius 3 is 2.32 bits per heavy atom. The van der Waals surface area contributed by atoms with Crippen molar-refractivity contribution in [3.05, 3.63) is 66.7 Å². The number of carbonyl (C=O) groups is 1. The second-order valence-corrected chi connectivity index (χ2v) is 4.55. The third-order valence-electron chi connectivity index (χ3n) is 3.10. The highest BCUT2D eigenvalue weighted by Crippen LogP contribution is 2.12. The van der Waals surface area contributed by atoms with Crippen LogP contribution in [0.25, 0.3) is 5.69 Å². The maximum atomic E-state index is 12.2. The Labute approximate surface area is 127 Å². The number of hydrogen-bond acceptors (Lipinski definition) is 4. The van der Waals surface area contributed by atoms with Crippen LogP contribution in [0.4, 0.5) is 5.69 Å². The molecule has 0 bridgehead atoms. The molecule has 22 heavy (non-hydrogen) atoms. The molecule has 6 heteroatoms. The molecule has 1 N–H and O–H groups in total. The summed E-state index contributed by atoms with van der Waals surface area (Å²) < 4.78 is 6.84. The van der Waals surface area contributed by atoms with E-state index in [1.807, 2.05) is 41.2 Å². The standard InChI is InChI=1S/C16H14N4O2/c1-22-16-17-10-13(11-18-16)19-15(21)12-4-6-14(7-5-12)20-8-2-3-9-20/h2-11H,1H3,(H,19,21). The van der Waals surface area contributed by atoms with E-state index in [1.165, 1.54) is 19.5 Å². The number of rotatable bonds is 4. The van der Waals surface area contributed by atoms with Gasteiger partial charge in [0.1, 0.15) is 0 Å². The third-order valence-corrected chi connectivity index (χ3v) is 3.10. The molecule has 110 valence electrons. The van der Waals surface area contributed by atoms with Crippen molar-refractivity contribution in [3.8, 4) is 11.7 Å². The quantitative estimate of drug-likeness (QED) is 0.802. The van der Waals surface area contributed by atoms with Gasteiger partial charge in [-0.3, -0.25) is 4.79 Å². The fraction of sp³-hybridized carbons (Fsp3) is 0.0625. The summed E-state index contributed by atoms with van der Waals surface area (Å²) in [5, 5.41) is 2.74. The molecular weight excluding hydrogens is 280 g/mol. The maximum Gasteiger partial charge on any atom is 0.316 e. The topological polar surface area (TPSA) is 69.0 Å². The molecule has 0 aliphatic heterocycles. The molecule has 0 fully saturated rings. The minimum absolute atomic E-state index is 0.215. The van der Waals surface area contributed by atoms with Gasteiger partial charge in [-0.25, -0.2) is 9.97 Å². The molecule has 0 atom stereocenters. The second kappa shape index (κ2) is 6.09. The van der Waals surface area contributed by atoms with E-state index in [0.717, 1.165) is 5.69 Å². The largest absolute Gasteiger partial charge is 0.467 e. The number of benzene rings is 1. The average Bonchev–Trinajstić information content (AvgIpc) is 3.10. The lowest BCUT2D eigenvalue weighted by molar-refractivity contribution is 0.102. The van der Waals surface area contributed by atoms with Gasteiger partial charge in [-0.1, -0.05) is 0 Å². The first-order valence-corrected chi connectivity index (χ1v) is 6.67. The molecule has 2 aromatic heterocycles. The van der Waals surface area contributed by atoms with E-state index < -0.39 is 0 Å². The number of methoxy groups -OCH3 is 1. The van der Waals surface area contributed by atoms with Gasteiger partial charge in [0.15, 0.2) is 0 Å². The maximum absolute atomic E-state index is 12.2. The normalized spacial score (nSPS) is 10.2. The summed E-state index contributed by atoms with van der Waals surface area (Å²) in [6.45, 7) is 0. The number of ether oxygens (including phenoxy) is 1. The second-order valence-electron chi connectivity index (χ2n) is 4.55. The third kappa shape index (κ3) is 2.95. The minimum atomic E-state index is -0.215. The van der Waals surface area contributed by atoms with Crippen LogP contribution in [0.1, 0.15) is 10.4 Å². The summed E-state index contributed by atoms with van der Waals surface area (Å²) in [4.78, 5) is 20.0. The first-order valence-electron chi connectivity index (χ1n) is 6.67. The summed E-state index contributed by atoms with van der Waals surface area (Å²) in [5.41, 5.74) is 2.07. The smallest absolute Gasteiger partial charge is 0.316 e. The fourth-order valence-corrected chi connectivity index (χ4v) is 1.98. The highest BCUT2D eigenvalue weighted by molar-refractivity contribution is 6.04. The van der Waals surface area contributed by atoms with E-state index in [0.29, 0.717) is 11.3 Å². The number of aromatic nitrogens is 3. The van der Waals surface area contributed by atoms with Gasteiger partial charge in [-0.15, -0.1) is 0 Å². The molecule has 0 aliphatic carbocycles. The van der Waals surface area contributed by atoms with Gasteiger partial charge in [0.05, 0.1) is 25.2 Å². The van der Waals surface area contributed by atoms with E-state index >= 15 is 0 Å². The summed E-state index contributed by atoms with van der Waals surface area (Å²) in [7, 11) is 1.49. The van der Waals surface area contributed by atoms with Gasteiger partial charge < -0.3 is 14.6 Å². The number of hydrogen-bond donors (Lipinski definition) is 1. The van der Waals surface area contributed by atoms with Crippen molar-refractivity contribution in [2.75, 3.05) is 12.4 Å². The summed E-state index contributed by atoms with van der Waals surface area (Å²) >= 11 is 0. The van der Waals surface area contributed by atoms with Crippen molar-refractivity contribution in [1.29, 1.82) is 0 Å². The van der Waals surface area contributed by atoms with Crippen LogP contribution >= 0.6 is 0 Å². The highest BCUT2D eigenvalue weighted by Gasteiger charge is 2.07. The lowest BCUT2D eigenvalue weighted by Crippen LogP contribution is -2.12. The van der Waals surface area contributed by atoms with Crippen molar-refractivity contribution in [2.24, 2.45) is 0 Å². The van der Waals surface area contributed by atoms with Crippen LogP contribution in [0, 0.1) is 0 Å². The van der Waals surface area contributed by atoms with E-state index in [-0.39, 0.29) is 11.9 Å². The van der Waals surface area contributed by atoms with Gasteiger partial charge in [0.2, 0.25) is 0 Å². The van der Waals surface area contributed by atoms with Crippen LogP contribution < -0.4 is 10.1 Å². The summed E-state index contributed by atoms with van der Waals surface area (Å²) in [5.74, 6) is -0.215. The Hall–Kier alpha value is -3.15. The predicted octanol–water partition coefficient (Wildman–Crippen LogP) is 2.53. The molecular formula is C16H14N4O2. The van der Waals surface area contributed by atoms with Crippen LogP contribution in [0.2, 0.25) is 0 Å². The molecule has 0 radical (unpaired) electrons. The van der Waals surface area contributed by atoms with E-state index in [2.05, 4.69) is 15.3 Å². The first-order chi connectivity index (χ1) is 10.8. The zero-order valence-electron chi connectivity index (χ0n) is 11.9. The van der Waals surface area contributed by atoms with Gasteiger partial charge in [-0.2, -0.15) is 0 Å². The highest BCUT2D eigenvalue weighted by atomic mass is 16.5. The molecule has 2 heterocycles. The predicted molar refractivity (Wildman–Crippen MR) is 82.3 cm³/mol. The van der Waals surface area contributed by atoms with E-state index in [4.69, 9.17) is 4.74 Å². The van der Waals surface area contributed by atoms with Gasteiger partial charge >= 0.3 is 6.01 Å². The fourth-order valence-electron chi connectivity index (χ4n) is 1.98. The lowest BCUT2D eigenvalue weighted by Gasteiger charge is -2.07. The zero-order chi connectivity index (χ0) is 15.4. The summed E-state index contributed by atoms with van der Waals surface area (Å²) in [6, 6.07) is 11.5. The molecule has 0 saturated carbocycles. The molecule has 1 amide bonds.